The number of nitrogens with one attached hydrogen (secondary N) is 1. The number of piperidine rings is 1. The molecule has 0 bridgehead atoms. The van der Waals surface area contributed by atoms with Crippen molar-refractivity contribution < 1.29 is 14.0 Å². The molecule has 0 radical (unpaired) electrons. The van der Waals surface area contributed by atoms with E-state index in [-0.39, 0.29) is 23.4 Å². The molecular weight excluding hydrogens is 367 g/mol. The van der Waals surface area contributed by atoms with Gasteiger partial charge in [-0.3, -0.25) is 14.5 Å². The van der Waals surface area contributed by atoms with Gasteiger partial charge in [0.15, 0.2) is 5.78 Å². The van der Waals surface area contributed by atoms with Crippen LogP contribution in [-0.2, 0) is 11.3 Å². The van der Waals surface area contributed by atoms with Crippen LogP contribution < -0.4 is 5.32 Å². The van der Waals surface area contributed by atoms with Crippen molar-refractivity contribution >= 4 is 29.0 Å². The number of amides is 1. The van der Waals surface area contributed by atoms with Crippen LogP contribution >= 0.6 is 11.6 Å². The van der Waals surface area contributed by atoms with E-state index >= 15 is 0 Å². The lowest BCUT2D eigenvalue weighted by molar-refractivity contribution is -0.121. The molecule has 1 aliphatic heterocycles. The molecule has 27 heavy (non-hydrogen) atoms. The van der Waals surface area contributed by atoms with Gasteiger partial charge in [-0.2, -0.15) is 0 Å². The van der Waals surface area contributed by atoms with Gasteiger partial charge in [0.1, 0.15) is 5.82 Å². The van der Waals surface area contributed by atoms with Gasteiger partial charge in [0, 0.05) is 34.3 Å². The number of anilines is 1. The van der Waals surface area contributed by atoms with Crippen LogP contribution in [0.1, 0.15) is 35.7 Å². The summed E-state index contributed by atoms with van der Waals surface area (Å²) in [7, 11) is 0. The van der Waals surface area contributed by atoms with Gasteiger partial charge in [0.05, 0.1) is 0 Å². The monoisotopic (exact) mass is 388 g/mol. The third-order valence-corrected chi connectivity index (χ3v) is 5.14. The fraction of sp³-hybridized carbons (Fsp3) is 0.333. The van der Waals surface area contributed by atoms with Crippen LogP contribution in [0.25, 0.3) is 0 Å². The van der Waals surface area contributed by atoms with Crippen molar-refractivity contribution in [2.75, 3.05) is 18.4 Å². The molecule has 2 aromatic carbocycles. The van der Waals surface area contributed by atoms with Gasteiger partial charge in [0.25, 0.3) is 0 Å². The Balaban J connectivity index is 1.53. The maximum Gasteiger partial charge on any atom is 0.227 e. The van der Waals surface area contributed by atoms with E-state index in [1.807, 2.05) is 0 Å². The summed E-state index contributed by atoms with van der Waals surface area (Å²) >= 11 is 5.79. The summed E-state index contributed by atoms with van der Waals surface area (Å²) < 4.78 is 13.9. The highest BCUT2D eigenvalue weighted by atomic mass is 35.5. The second-order valence-electron chi connectivity index (χ2n) is 6.91. The van der Waals surface area contributed by atoms with E-state index in [1.165, 1.54) is 13.0 Å². The summed E-state index contributed by atoms with van der Waals surface area (Å²) in [6.07, 6.45) is 1.43. The third-order valence-electron chi connectivity index (χ3n) is 4.90. The van der Waals surface area contributed by atoms with Crippen LogP contribution in [0.2, 0.25) is 5.02 Å². The van der Waals surface area contributed by atoms with E-state index < -0.39 is 0 Å². The Bertz CT molecular complexity index is 848. The van der Waals surface area contributed by atoms with Gasteiger partial charge in [0.2, 0.25) is 5.91 Å². The largest absolute Gasteiger partial charge is 0.326 e. The summed E-state index contributed by atoms with van der Waals surface area (Å²) in [4.78, 5) is 26.1. The molecule has 1 amide bonds. The topological polar surface area (TPSA) is 49.4 Å². The van der Waals surface area contributed by atoms with Crippen molar-refractivity contribution in [3.63, 3.8) is 0 Å². The number of benzene rings is 2. The van der Waals surface area contributed by atoms with Crippen LogP contribution in [0, 0.1) is 11.7 Å². The molecule has 0 aliphatic carbocycles. The molecule has 142 valence electrons. The Morgan fingerprint density at radius 1 is 1.19 bits per heavy atom. The summed E-state index contributed by atoms with van der Waals surface area (Å²) in [6, 6.07) is 11.7. The number of likely N-dealkylation sites (tertiary alicyclic amines) is 1. The summed E-state index contributed by atoms with van der Waals surface area (Å²) in [5.41, 5.74) is 1.83. The lowest BCUT2D eigenvalue weighted by atomic mass is 9.95. The predicted octanol–water partition coefficient (Wildman–Crippen LogP) is 4.53. The van der Waals surface area contributed by atoms with Gasteiger partial charge >= 0.3 is 0 Å². The number of rotatable bonds is 5. The molecule has 4 nitrogen and oxygen atoms in total. The second kappa shape index (κ2) is 8.63. The normalized spacial score (nSPS) is 15.5. The number of Topliss-reactive ketones (excluding diaryl/α,β-unsaturated/α-hetero) is 1. The number of halogens is 2. The van der Waals surface area contributed by atoms with E-state index in [9.17, 15) is 14.0 Å². The molecule has 1 aliphatic rings. The van der Waals surface area contributed by atoms with Crippen molar-refractivity contribution in [1.82, 2.24) is 4.90 Å². The third kappa shape index (κ3) is 5.15. The van der Waals surface area contributed by atoms with Crippen LogP contribution in [0.3, 0.4) is 0 Å². The van der Waals surface area contributed by atoms with E-state index in [0.717, 1.165) is 13.1 Å². The number of ketones is 1. The Morgan fingerprint density at radius 2 is 1.93 bits per heavy atom. The quantitative estimate of drug-likeness (QED) is 0.765. The zero-order chi connectivity index (χ0) is 19.4. The highest BCUT2D eigenvalue weighted by Gasteiger charge is 2.25. The zero-order valence-corrected chi connectivity index (χ0v) is 15.9. The van der Waals surface area contributed by atoms with Gasteiger partial charge < -0.3 is 5.32 Å². The van der Waals surface area contributed by atoms with Crippen molar-refractivity contribution in [1.29, 1.82) is 0 Å². The van der Waals surface area contributed by atoms with E-state index in [2.05, 4.69) is 10.2 Å². The molecule has 1 saturated heterocycles. The SMILES string of the molecule is CC(=O)c1cccc(NC(=O)C2CCN(Cc3ccc(Cl)cc3F)CC2)c1. The number of nitrogens with zero attached hydrogens (tertiary/aromatic N) is 1. The first kappa shape index (κ1) is 19.5. The molecule has 1 N–H and O–H groups in total. The zero-order valence-electron chi connectivity index (χ0n) is 15.2. The molecule has 2 aromatic rings. The molecule has 3 rings (SSSR count). The van der Waals surface area contributed by atoms with Gasteiger partial charge in [-0.05, 0) is 57.1 Å². The number of carbonyl (C=O) groups excluding carboxylic acids is 2. The fourth-order valence-corrected chi connectivity index (χ4v) is 3.46. The predicted molar refractivity (Wildman–Crippen MR) is 104 cm³/mol. The summed E-state index contributed by atoms with van der Waals surface area (Å²) in [5, 5.41) is 3.29. The number of carbonyl (C=O) groups is 2. The second-order valence-corrected chi connectivity index (χ2v) is 7.35. The van der Waals surface area contributed by atoms with Crippen LogP contribution in [-0.4, -0.2) is 29.7 Å². The average molecular weight is 389 g/mol. The Labute approximate surface area is 163 Å². The minimum absolute atomic E-state index is 0.0335. The summed E-state index contributed by atoms with van der Waals surface area (Å²) in [6.45, 7) is 3.47. The summed E-state index contributed by atoms with van der Waals surface area (Å²) in [5.74, 6) is -0.452. The van der Waals surface area contributed by atoms with Crippen molar-refractivity contribution in [3.05, 3.63) is 64.4 Å². The van der Waals surface area contributed by atoms with Crippen molar-refractivity contribution in [2.45, 2.75) is 26.3 Å². The molecule has 1 fully saturated rings. The maximum absolute atomic E-state index is 13.9. The molecule has 0 atom stereocenters. The molecule has 0 saturated carbocycles. The lowest BCUT2D eigenvalue weighted by Crippen LogP contribution is -2.37. The van der Waals surface area contributed by atoms with Crippen LogP contribution in [0.15, 0.2) is 42.5 Å². The number of hydrogen-bond acceptors (Lipinski definition) is 3. The van der Waals surface area contributed by atoms with Crippen molar-refractivity contribution in [3.8, 4) is 0 Å². The van der Waals surface area contributed by atoms with E-state index in [4.69, 9.17) is 11.6 Å². The molecule has 0 unspecified atom stereocenters. The number of hydrogen-bond donors (Lipinski definition) is 1. The Kier molecular flexibility index (Phi) is 6.24. The Hall–Kier alpha value is -2.24. The molecular formula is C21H22ClFN2O2. The smallest absolute Gasteiger partial charge is 0.227 e. The van der Waals surface area contributed by atoms with Gasteiger partial charge in [-0.15, -0.1) is 0 Å². The minimum Gasteiger partial charge on any atom is -0.326 e. The first-order valence-electron chi connectivity index (χ1n) is 9.00. The minimum atomic E-state index is -0.298. The van der Waals surface area contributed by atoms with E-state index in [0.29, 0.717) is 41.2 Å². The van der Waals surface area contributed by atoms with Gasteiger partial charge in [-0.1, -0.05) is 29.8 Å². The van der Waals surface area contributed by atoms with Gasteiger partial charge in [-0.25, -0.2) is 4.39 Å². The highest BCUT2D eigenvalue weighted by molar-refractivity contribution is 6.30. The van der Waals surface area contributed by atoms with Crippen molar-refractivity contribution in [2.24, 2.45) is 5.92 Å². The first-order valence-corrected chi connectivity index (χ1v) is 9.38. The van der Waals surface area contributed by atoms with E-state index in [1.54, 1.807) is 36.4 Å². The molecule has 6 heteroatoms. The Morgan fingerprint density at radius 3 is 2.59 bits per heavy atom. The fourth-order valence-electron chi connectivity index (χ4n) is 3.30. The van der Waals surface area contributed by atoms with Crippen LogP contribution in [0.5, 0.6) is 0 Å². The molecule has 0 spiro atoms. The molecule has 0 aromatic heterocycles. The molecule has 1 heterocycles. The lowest BCUT2D eigenvalue weighted by Gasteiger charge is -2.31. The maximum atomic E-state index is 13.9. The van der Waals surface area contributed by atoms with Crippen LogP contribution in [0.4, 0.5) is 10.1 Å². The average Bonchev–Trinajstić information content (AvgIpc) is 2.65. The standard InChI is InChI=1S/C21H22ClFN2O2/c1-14(26)16-3-2-4-19(11-16)24-21(27)15-7-9-25(10-8-15)13-17-5-6-18(22)12-20(17)23/h2-6,11-12,15H,7-10,13H2,1H3,(H,24,27). The highest BCUT2D eigenvalue weighted by Crippen LogP contribution is 2.23. The first-order chi connectivity index (χ1) is 12.9.